The van der Waals surface area contributed by atoms with Crippen molar-refractivity contribution in [2.45, 2.75) is 18.5 Å². The lowest BCUT2D eigenvalue weighted by Gasteiger charge is -2.12. The minimum atomic E-state index is -0.0242. The molecule has 0 fully saturated rings. The standard InChI is InChI=1S/C24H24N4O2S2/c1-17-9-11-18(12-10-17)28-23(20-7-3-4-8-21(20)30-2)26-27-24(28)32-16-22(29)25-14-13-19-6-5-15-31-19/h3-12,15H,13-14,16H2,1-2H3,(H,25,29). The summed E-state index contributed by atoms with van der Waals surface area (Å²) in [7, 11) is 1.64. The van der Waals surface area contributed by atoms with Gasteiger partial charge in [-0.15, -0.1) is 21.5 Å². The molecule has 0 aliphatic heterocycles. The van der Waals surface area contributed by atoms with Crippen LogP contribution in [0.4, 0.5) is 0 Å². The van der Waals surface area contributed by atoms with E-state index in [1.54, 1.807) is 18.4 Å². The first-order valence-electron chi connectivity index (χ1n) is 10.2. The van der Waals surface area contributed by atoms with Crippen LogP contribution >= 0.6 is 23.1 Å². The minimum absolute atomic E-state index is 0.0242. The average molecular weight is 465 g/mol. The maximum absolute atomic E-state index is 12.4. The van der Waals surface area contributed by atoms with Crippen molar-refractivity contribution in [2.24, 2.45) is 0 Å². The van der Waals surface area contributed by atoms with E-state index in [1.165, 1.54) is 22.2 Å². The predicted octanol–water partition coefficient (Wildman–Crippen LogP) is 4.76. The van der Waals surface area contributed by atoms with E-state index in [2.05, 4.69) is 21.6 Å². The van der Waals surface area contributed by atoms with Gasteiger partial charge in [0.05, 0.1) is 18.4 Å². The molecule has 0 spiro atoms. The Morgan fingerprint density at radius 2 is 1.91 bits per heavy atom. The summed E-state index contributed by atoms with van der Waals surface area (Å²) < 4.78 is 7.51. The van der Waals surface area contributed by atoms with Crippen molar-refractivity contribution >= 4 is 29.0 Å². The molecule has 2 heterocycles. The average Bonchev–Trinajstić information content (AvgIpc) is 3.48. The van der Waals surface area contributed by atoms with Gasteiger partial charge >= 0.3 is 0 Å². The molecule has 0 atom stereocenters. The predicted molar refractivity (Wildman–Crippen MR) is 130 cm³/mol. The molecule has 2 aromatic carbocycles. The summed E-state index contributed by atoms with van der Waals surface area (Å²) in [5, 5.41) is 14.5. The highest BCUT2D eigenvalue weighted by Gasteiger charge is 2.19. The van der Waals surface area contributed by atoms with Crippen LogP contribution in [0.25, 0.3) is 17.1 Å². The van der Waals surface area contributed by atoms with Gasteiger partial charge in [0, 0.05) is 17.1 Å². The Kier molecular flexibility index (Phi) is 7.24. The minimum Gasteiger partial charge on any atom is -0.496 e. The smallest absolute Gasteiger partial charge is 0.230 e. The van der Waals surface area contributed by atoms with Gasteiger partial charge in [0.1, 0.15) is 5.75 Å². The van der Waals surface area contributed by atoms with Crippen molar-refractivity contribution in [3.8, 4) is 22.8 Å². The highest BCUT2D eigenvalue weighted by atomic mass is 32.2. The fourth-order valence-corrected chi connectivity index (χ4v) is 4.75. The Morgan fingerprint density at radius 3 is 2.66 bits per heavy atom. The lowest BCUT2D eigenvalue weighted by atomic mass is 10.1. The van der Waals surface area contributed by atoms with Crippen LogP contribution in [0.1, 0.15) is 10.4 Å². The summed E-state index contributed by atoms with van der Waals surface area (Å²) in [6.45, 7) is 2.67. The van der Waals surface area contributed by atoms with Gasteiger partial charge in [-0.1, -0.05) is 47.7 Å². The molecule has 1 N–H and O–H groups in total. The van der Waals surface area contributed by atoms with Crippen LogP contribution in [0.15, 0.2) is 71.2 Å². The van der Waals surface area contributed by atoms with Gasteiger partial charge in [-0.3, -0.25) is 9.36 Å². The SMILES string of the molecule is COc1ccccc1-c1nnc(SCC(=O)NCCc2cccs2)n1-c1ccc(C)cc1. The normalized spacial score (nSPS) is 10.8. The number of hydrogen-bond acceptors (Lipinski definition) is 6. The number of para-hydroxylation sites is 1. The molecular formula is C24H24N4O2S2. The number of benzene rings is 2. The second-order valence-corrected chi connectivity index (χ2v) is 9.12. The molecule has 4 rings (SSSR count). The first kappa shape index (κ1) is 22.1. The third-order valence-electron chi connectivity index (χ3n) is 4.88. The lowest BCUT2D eigenvalue weighted by molar-refractivity contribution is -0.118. The van der Waals surface area contributed by atoms with E-state index < -0.39 is 0 Å². The third kappa shape index (κ3) is 5.20. The number of thioether (sulfide) groups is 1. The monoisotopic (exact) mass is 464 g/mol. The zero-order valence-electron chi connectivity index (χ0n) is 17.9. The Labute approximate surface area is 195 Å². The number of thiophene rings is 1. The molecule has 2 aromatic heterocycles. The number of nitrogens with zero attached hydrogens (tertiary/aromatic N) is 3. The number of ether oxygens (including phenoxy) is 1. The molecule has 0 bridgehead atoms. The van der Waals surface area contributed by atoms with E-state index in [-0.39, 0.29) is 11.7 Å². The number of carbonyl (C=O) groups excluding carboxylic acids is 1. The van der Waals surface area contributed by atoms with Gasteiger partial charge in [0.2, 0.25) is 5.91 Å². The Hall–Kier alpha value is -3.10. The van der Waals surface area contributed by atoms with Crippen LogP contribution < -0.4 is 10.1 Å². The highest BCUT2D eigenvalue weighted by molar-refractivity contribution is 7.99. The molecule has 0 aliphatic carbocycles. The van der Waals surface area contributed by atoms with Gasteiger partial charge in [-0.2, -0.15) is 0 Å². The third-order valence-corrected chi connectivity index (χ3v) is 6.74. The first-order chi connectivity index (χ1) is 15.7. The van der Waals surface area contributed by atoms with E-state index >= 15 is 0 Å². The topological polar surface area (TPSA) is 69.0 Å². The van der Waals surface area contributed by atoms with Crippen molar-refractivity contribution in [1.82, 2.24) is 20.1 Å². The summed E-state index contributed by atoms with van der Waals surface area (Å²) in [6.07, 6.45) is 0.839. The fraction of sp³-hybridized carbons (Fsp3) is 0.208. The highest BCUT2D eigenvalue weighted by Crippen LogP contribution is 2.33. The zero-order valence-corrected chi connectivity index (χ0v) is 19.6. The van der Waals surface area contributed by atoms with Crippen LogP contribution in [0, 0.1) is 6.92 Å². The largest absolute Gasteiger partial charge is 0.496 e. The van der Waals surface area contributed by atoms with Crippen LogP contribution in [-0.4, -0.2) is 40.1 Å². The first-order valence-corrected chi connectivity index (χ1v) is 12.1. The fourth-order valence-electron chi connectivity index (χ4n) is 3.25. The number of amides is 1. The number of rotatable bonds is 9. The number of aromatic nitrogens is 3. The van der Waals surface area contributed by atoms with Gasteiger partial charge in [0.15, 0.2) is 11.0 Å². The van der Waals surface area contributed by atoms with E-state index in [4.69, 9.17) is 4.74 Å². The van der Waals surface area contributed by atoms with Crippen LogP contribution in [0.3, 0.4) is 0 Å². The summed E-state index contributed by atoms with van der Waals surface area (Å²) in [5.74, 6) is 1.63. The molecular weight excluding hydrogens is 440 g/mol. The number of carbonyl (C=O) groups is 1. The second-order valence-electron chi connectivity index (χ2n) is 7.15. The van der Waals surface area contributed by atoms with Gasteiger partial charge in [-0.25, -0.2) is 0 Å². The van der Waals surface area contributed by atoms with Crippen LogP contribution in [0.2, 0.25) is 0 Å². The molecule has 1 amide bonds. The van der Waals surface area contributed by atoms with Crippen LogP contribution in [-0.2, 0) is 11.2 Å². The number of methoxy groups -OCH3 is 1. The van der Waals surface area contributed by atoms with Crippen molar-refractivity contribution in [1.29, 1.82) is 0 Å². The van der Waals surface area contributed by atoms with E-state index in [1.807, 2.05) is 71.5 Å². The molecule has 164 valence electrons. The zero-order chi connectivity index (χ0) is 22.3. The maximum atomic E-state index is 12.4. The molecule has 0 radical (unpaired) electrons. The number of hydrogen-bond donors (Lipinski definition) is 1. The summed E-state index contributed by atoms with van der Waals surface area (Å²) in [6, 6.07) is 20.0. The number of nitrogens with one attached hydrogen (secondary N) is 1. The molecule has 0 unspecified atom stereocenters. The number of aryl methyl sites for hydroxylation is 1. The Bertz CT molecular complexity index is 1170. The Morgan fingerprint density at radius 1 is 1.09 bits per heavy atom. The van der Waals surface area contributed by atoms with Crippen molar-refractivity contribution in [3.05, 3.63) is 76.5 Å². The molecule has 4 aromatic rings. The van der Waals surface area contributed by atoms with Crippen molar-refractivity contribution in [2.75, 3.05) is 19.4 Å². The molecule has 0 saturated carbocycles. The summed E-state index contributed by atoms with van der Waals surface area (Å²) in [4.78, 5) is 13.7. The van der Waals surface area contributed by atoms with Crippen molar-refractivity contribution in [3.63, 3.8) is 0 Å². The maximum Gasteiger partial charge on any atom is 0.230 e. The van der Waals surface area contributed by atoms with Gasteiger partial charge < -0.3 is 10.1 Å². The van der Waals surface area contributed by atoms with Crippen LogP contribution in [0.5, 0.6) is 5.75 Å². The van der Waals surface area contributed by atoms with Gasteiger partial charge in [0.25, 0.3) is 0 Å². The molecule has 6 nitrogen and oxygen atoms in total. The quantitative estimate of drug-likeness (QED) is 0.362. The Balaban J connectivity index is 1.54. The second kappa shape index (κ2) is 10.5. The lowest BCUT2D eigenvalue weighted by Crippen LogP contribution is -2.27. The van der Waals surface area contributed by atoms with E-state index in [0.717, 1.165) is 23.4 Å². The molecule has 0 saturated heterocycles. The molecule has 8 heteroatoms. The van der Waals surface area contributed by atoms with Gasteiger partial charge in [-0.05, 0) is 49.1 Å². The summed E-state index contributed by atoms with van der Waals surface area (Å²) >= 11 is 3.07. The summed E-state index contributed by atoms with van der Waals surface area (Å²) in [5.41, 5.74) is 2.94. The molecule has 32 heavy (non-hydrogen) atoms. The van der Waals surface area contributed by atoms with E-state index in [0.29, 0.717) is 17.5 Å². The molecule has 0 aliphatic rings. The van der Waals surface area contributed by atoms with E-state index in [9.17, 15) is 4.79 Å². The van der Waals surface area contributed by atoms with Crippen molar-refractivity contribution < 1.29 is 9.53 Å².